The van der Waals surface area contributed by atoms with E-state index in [1.807, 2.05) is 36.4 Å². The van der Waals surface area contributed by atoms with E-state index < -0.39 is 36.3 Å². The molecule has 0 radical (unpaired) electrons. The second-order valence-corrected chi connectivity index (χ2v) is 11.1. The number of carbonyl (C=O) groups excluding carboxylic acids is 4. The lowest BCUT2D eigenvalue weighted by Gasteiger charge is -2.28. The maximum absolute atomic E-state index is 12.8. The van der Waals surface area contributed by atoms with E-state index in [2.05, 4.69) is 25.6 Å². The van der Waals surface area contributed by atoms with Crippen molar-refractivity contribution in [3.05, 3.63) is 119 Å². The first kappa shape index (κ1) is 33.8. The average Bonchev–Trinajstić information content (AvgIpc) is 3.39. The zero-order chi connectivity index (χ0) is 33.9. The van der Waals surface area contributed by atoms with Gasteiger partial charge in [0.2, 0.25) is 6.23 Å². The van der Waals surface area contributed by atoms with Gasteiger partial charge in [-0.15, -0.1) is 0 Å². The quantitative estimate of drug-likeness (QED) is 0.278. The maximum Gasteiger partial charge on any atom is 0.412 e. The topological polar surface area (TPSA) is 184 Å². The van der Waals surface area contributed by atoms with Crippen LogP contribution in [0.5, 0.6) is 0 Å². The van der Waals surface area contributed by atoms with E-state index in [4.69, 9.17) is 21.1 Å². The van der Waals surface area contributed by atoms with Crippen molar-refractivity contribution in [1.29, 1.82) is 0 Å². The van der Waals surface area contributed by atoms with E-state index in [9.17, 15) is 24.3 Å². The van der Waals surface area contributed by atoms with Gasteiger partial charge >= 0.3 is 12.2 Å². The minimum Gasteiger partial charge on any atom is -0.548 e. The van der Waals surface area contributed by atoms with E-state index in [1.54, 1.807) is 41.3 Å². The van der Waals surface area contributed by atoms with Crippen LogP contribution in [-0.4, -0.2) is 76.1 Å². The molecule has 3 N–H and O–H groups in total. The highest BCUT2D eigenvalue weighted by molar-refractivity contribution is 6.30. The average molecular weight is 674 g/mol. The highest BCUT2D eigenvalue weighted by Crippen LogP contribution is 2.35. The molecule has 2 aromatic carbocycles. The number of benzene rings is 2. The molecule has 6 rings (SSSR count). The van der Waals surface area contributed by atoms with Crippen LogP contribution in [-0.2, 0) is 27.3 Å². The number of hydrogen-bond donors (Lipinski definition) is 2. The normalized spacial score (nSPS) is 15.8. The second-order valence-electron chi connectivity index (χ2n) is 10.7. The number of amides is 3. The summed E-state index contributed by atoms with van der Waals surface area (Å²) in [6, 6.07) is 20.2. The molecule has 248 valence electrons. The Hall–Kier alpha value is -5.60. The van der Waals surface area contributed by atoms with Crippen LogP contribution in [0.3, 0.4) is 0 Å². The molecular formula is C33H32ClN7O7. The van der Waals surface area contributed by atoms with Gasteiger partial charge in [-0.05, 0) is 29.7 Å². The molecule has 2 aromatic heterocycles. The van der Waals surface area contributed by atoms with Gasteiger partial charge in [-0.2, -0.15) is 0 Å². The first-order valence-corrected chi connectivity index (χ1v) is 15.4. The number of hydrogen-bond acceptors (Lipinski definition) is 10. The third-order valence-corrected chi connectivity index (χ3v) is 7.55. The zero-order valence-corrected chi connectivity index (χ0v) is 26.4. The monoisotopic (exact) mass is 673 g/mol. The van der Waals surface area contributed by atoms with Crippen molar-refractivity contribution in [2.75, 3.05) is 31.1 Å². The van der Waals surface area contributed by atoms with E-state index >= 15 is 0 Å². The molecule has 1 fully saturated rings. The lowest BCUT2D eigenvalue weighted by atomic mass is 10.1. The largest absolute Gasteiger partial charge is 0.548 e. The highest BCUT2D eigenvalue weighted by Gasteiger charge is 2.44. The van der Waals surface area contributed by atoms with Crippen LogP contribution in [0.25, 0.3) is 0 Å². The molecule has 3 amide bonds. The molecule has 48 heavy (non-hydrogen) atoms. The molecule has 0 bridgehead atoms. The fourth-order valence-electron chi connectivity index (χ4n) is 4.93. The molecule has 4 aromatic rings. The zero-order valence-electron chi connectivity index (χ0n) is 25.6. The molecule has 0 aliphatic carbocycles. The lowest BCUT2D eigenvalue weighted by Crippen LogP contribution is -2.89. The molecule has 4 heterocycles. The van der Waals surface area contributed by atoms with Gasteiger partial charge in [0, 0.05) is 18.6 Å². The van der Waals surface area contributed by atoms with Crippen molar-refractivity contribution in [3.63, 3.8) is 0 Å². The van der Waals surface area contributed by atoms with Crippen LogP contribution in [0.2, 0.25) is 5.02 Å². The molecule has 0 spiro atoms. The van der Waals surface area contributed by atoms with Gasteiger partial charge in [-0.1, -0.05) is 72.3 Å². The van der Waals surface area contributed by atoms with Crippen molar-refractivity contribution in [1.82, 2.24) is 25.2 Å². The number of pyridine rings is 1. The number of carboxylic acids is 1. The molecular weight excluding hydrogens is 642 g/mol. The molecule has 15 heteroatoms. The number of quaternary nitrogens is 1. The number of piperazine rings is 1. The Bertz CT molecular complexity index is 1710. The summed E-state index contributed by atoms with van der Waals surface area (Å²) in [7, 11) is 0. The van der Waals surface area contributed by atoms with Gasteiger partial charge in [0.1, 0.15) is 18.1 Å². The number of carbonyl (C=O) groups is 4. The summed E-state index contributed by atoms with van der Waals surface area (Å²) in [5.41, 5.74) is 2.06. The number of fused-ring (bicyclic) bond motifs is 1. The van der Waals surface area contributed by atoms with Gasteiger partial charge < -0.3 is 30.0 Å². The van der Waals surface area contributed by atoms with E-state index in [0.29, 0.717) is 29.6 Å². The van der Waals surface area contributed by atoms with Crippen LogP contribution in [0.15, 0.2) is 91.4 Å². The number of halogens is 1. The molecule has 2 aliphatic rings. The van der Waals surface area contributed by atoms with Crippen molar-refractivity contribution in [2.24, 2.45) is 0 Å². The van der Waals surface area contributed by atoms with Gasteiger partial charge in [0.25, 0.3) is 5.91 Å². The lowest BCUT2D eigenvalue weighted by molar-refractivity contribution is -0.662. The second kappa shape index (κ2) is 16.3. The predicted octanol–water partition coefficient (Wildman–Crippen LogP) is 1.47. The number of alkyl carbamates (subject to hydrolysis) is 1. The van der Waals surface area contributed by atoms with Gasteiger partial charge in [0.05, 0.1) is 43.2 Å². The standard InChI is InChI=1S/C17H17NO4.C16H15ClN6O3/c19-16(20)15(11-13-7-3-1-4-8-13)18-17(21)22-12-14-9-5-2-6-10-14;17-10-1-2-11(21-9-10)23-14(24)12-13(20-4-3-19-12)15(23)26-16(25)22-7-5-18-6-8-22/h1-10,15H,11-12H2,(H,18,21)(H,19,20);1-4,9,15,18H,5-8H2/t2*15-/m00/s1. The summed E-state index contributed by atoms with van der Waals surface area (Å²) in [5.74, 6) is -1.46. The van der Waals surface area contributed by atoms with Crippen LogP contribution >= 0.6 is 11.6 Å². The number of aliphatic carboxylic acids is 1. The summed E-state index contributed by atoms with van der Waals surface area (Å²) in [6.07, 6.45) is 2.16. The van der Waals surface area contributed by atoms with E-state index in [1.165, 1.54) is 23.5 Å². The number of anilines is 1. The van der Waals surface area contributed by atoms with Crippen LogP contribution in [0, 0.1) is 0 Å². The summed E-state index contributed by atoms with van der Waals surface area (Å²) in [6.45, 7) is 2.89. The van der Waals surface area contributed by atoms with Crippen LogP contribution < -0.4 is 20.6 Å². The maximum atomic E-state index is 12.8. The summed E-state index contributed by atoms with van der Waals surface area (Å²) in [4.78, 5) is 63.5. The fourth-order valence-corrected chi connectivity index (χ4v) is 5.05. The van der Waals surface area contributed by atoms with Crippen LogP contribution in [0.1, 0.15) is 33.5 Å². The van der Waals surface area contributed by atoms with Crippen molar-refractivity contribution < 1.29 is 39.1 Å². The first-order chi connectivity index (χ1) is 23.3. The molecule has 2 atom stereocenters. The Morgan fingerprint density at radius 3 is 2.25 bits per heavy atom. The summed E-state index contributed by atoms with van der Waals surface area (Å²) in [5, 5.41) is 16.0. The number of rotatable bonds is 8. The molecule has 1 saturated heterocycles. The molecule has 2 aliphatic heterocycles. The van der Waals surface area contributed by atoms with Crippen molar-refractivity contribution in [2.45, 2.75) is 25.3 Å². The molecule has 0 unspecified atom stereocenters. The van der Waals surface area contributed by atoms with Gasteiger partial charge in [-0.25, -0.2) is 24.5 Å². The SMILES string of the molecule is O=C(N[C@@H](Cc1ccccc1)C(=O)[O-])OCc1ccccc1.O=C(O[C@H]1c2nccnc2C(=O)N1c1ccc(Cl)cn1)N1CC[NH2+]CC1. The smallest absolute Gasteiger partial charge is 0.412 e. The Morgan fingerprint density at radius 2 is 1.60 bits per heavy atom. The first-order valence-electron chi connectivity index (χ1n) is 15.1. The van der Waals surface area contributed by atoms with Crippen molar-refractivity contribution in [3.8, 4) is 0 Å². The van der Waals surface area contributed by atoms with E-state index in [-0.39, 0.29) is 18.7 Å². The number of aromatic nitrogens is 3. The van der Waals surface area contributed by atoms with Gasteiger partial charge in [0.15, 0.2) is 5.69 Å². The van der Waals surface area contributed by atoms with E-state index in [0.717, 1.165) is 24.2 Å². The predicted molar refractivity (Wildman–Crippen MR) is 169 cm³/mol. The number of ether oxygens (including phenoxy) is 2. The minimum atomic E-state index is -1.35. The van der Waals surface area contributed by atoms with Crippen molar-refractivity contribution >= 4 is 41.5 Å². The van der Waals surface area contributed by atoms with Crippen LogP contribution in [0.4, 0.5) is 15.4 Å². The molecule has 14 nitrogen and oxygen atoms in total. The highest BCUT2D eigenvalue weighted by atomic mass is 35.5. The number of nitrogens with two attached hydrogens (primary N) is 1. The number of carboxylic acid groups (broad SMARTS) is 1. The summed E-state index contributed by atoms with van der Waals surface area (Å²) >= 11 is 5.88. The third kappa shape index (κ3) is 8.80. The molecule has 0 saturated carbocycles. The number of nitrogens with zero attached hydrogens (tertiary/aromatic N) is 5. The Morgan fingerprint density at radius 1 is 0.938 bits per heavy atom. The Kier molecular flexibility index (Phi) is 11.5. The Labute approximate surface area is 280 Å². The van der Waals surface area contributed by atoms with Gasteiger partial charge in [-0.3, -0.25) is 14.7 Å². The summed E-state index contributed by atoms with van der Waals surface area (Å²) < 4.78 is 10.7. The fraction of sp³-hybridized carbons (Fsp3) is 0.242. The number of nitrogens with one attached hydrogen (secondary N) is 1. The third-order valence-electron chi connectivity index (χ3n) is 7.32. The Balaban J connectivity index is 0.000000191. The minimum absolute atomic E-state index is 0.0811.